The van der Waals surface area contributed by atoms with E-state index in [1.54, 1.807) is 20.8 Å². The summed E-state index contributed by atoms with van der Waals surface area (Å²) in [6.07, 6.45) is 10.7. The van der Waals surface area contributed by atoms with Gasteiger partial charge in [-0.05, 0) is 76.3 Å². The van der Waals surface area contributed by atoms with Gasteiger partial charge in [-0.25, -0.2) is 9.97 Å². The highest BCUT2D eigenvalue weighted by Gasteiger charge is 2.48. The number of methoxy groups -OCH3 is 1. The zero-order valence-electron chi connectivity index (χ0n) is 28.2. The van der Waals surface area contributed by atoms with Gasteiger partial charge in [0.05, 0.1) is 36.3 Å². The van der Waals surface area contributed by atoms with Crippen molar-refractivity contribution in [1.82, 2.24) is 14.5 Å². The van der Waals surface area contributed by atoms with Gasteiger partial charge in [0.25, 0.3) is 6.47 Å². The number of alkyl halides is 3. The molecule has 48 heavy (non-hydrogen) atoms. The van der Waals surface area contributed by atoms with Crippen LogP contribution in [0.15, 0.2) is 42.7 Å². The average molecular weight is 691 g/mol. The molecule has 0 bridgehead atoms. The fourth-order valence-corrected chi connectivity index (χ4v) is 5.52. The van der Waals surface area contributed by atoms with Gasteiger partial charge in [-0.3, -0.25) is 4.79 Å². The van der Waals surface area contributed by atoms with E-state index in [2.05, 4.69) is 94.3 Å². The van der Waals surface area contributed by atoms with E-state index < -0.39 is 27.0 Å². The molecule has 3 heterocycles. The van der Waals surface area contributed by atoms with Crippen molar-refractivity contribution in [3.8, 4) is 29.7 Å². The van der Waals surface area contributed by atoms with Crippen molar-refractivity contribution in [2.45, 2.75) is 72.5 Å². The van der Waals surface area contributed by atoms with Crippen LogP contribution >= 0.6 is 0 Å². The number of terminal acetylenes is 1. The van der Waals surface area contributed by atoms with Crippen LogP contribution in [0.3, 0.4) is 0 Å². The van der Waals surface area contributed by atoms with Gasteiger partial charge in [0.2, 0.25) is 5.95 Å². The summed E-state index contributed by atoms with van der Waals surface area (Å²) in [4.78, 5) is 19.2. The van der Waals surface area contributed by atoms with Crippen LogP contribution in [0, 0.1) is 33.6 Å². The minimum atomic E-state index is -5.80. The van der Waals surface area contributed by atoms with Gasteiger partial charge in [0.15, 0.2) is 5.75 Å². The van der Waals surface area contributed by atoms with Gasteiger partial charge >= 0.3 is 15.6 Å². The molecule has 5 rings (SSSR count). The fraction of sp³-hybridized carbons (Fsp3) is 0.382. The minimum absolute atomic E-state index is 0.247. The van der Waals surface area contributed by atoms with Crippen LogP contribution in [0.2, 0.25) is 0 Å². The standard InChI is InChI=1S/C26H25F3N4O3S.C4H10O.C2H4O2.C2H2/c1-5-20-17(4)23-24-21(22(20)18-8-6-15(2)7-9-18)12-16(3)32(24)10-11-33(23)25-30-13-19(14-31-25)36-37(34,35)26(27,28)29;1-4(2,3)5;1-4-2-3;1-2/h6-9,12-14H,5,10-11H2,1-4H3;5H,1-3H3;2H,1H3;1-2H. The second-order valence-electron chi connectivity index (χ2n) is 11.6. The Morgan fingerprint density at radius 1 is 1.02 bits per heavy atom. The Morgan fingerprint density at radius 2 is 1.54 bits per heavy atom. The molecular formula is C34H41F3N4O6S. The maximum Gasteiger partial charge on any atom is 0.534 e. The van der Waals surface area contributed by atoms with Gasteiger partial charge < -0.3 is 23.5 Å². The molecule has 1 aliphatic rings. The number of anilines is 2. The number of carbonyl (C=O) groups is 1. The largest absolute Gasteiger partial charge is 0.534 e. The molecule has 0 spiro atoms. The lowest BCUT2D eigenvalue weighted by Crippen LogP contribution is -2.30. The molecule has 1 N–H and O–H groups in total. The van der Waals surface area contributed by atoms with Crippen molar-refractivity contribution < 1.29 is 40.4 Å². The predicted octanol–water partition coefficient (Wildman–Crippen LogP) is 6.78. The van der Waals surface area contributed by atoms with Gasteiger partial charge in [-0.2, -0.15) is 21.6 Å². The van der Waals surface area contributed by atoms with Crippen LogP contribution in [0.25, 0.3) is 22.0 Å². The second kappa shape index (κ2) is 16.0. The number of aromatic nitrogens is 3. The number of hydrogen-bond donors (Lipinski definition) is 1. The van der Waals surface area contributed by atoms with Crippen molar-refractivity contribution in [3.63, 3.8) is 0 Å². The summed E-state index contributed by atoms with van der Waals surface area (Å²) in [5.74, 6) is -0.362. The zero-order valence-corrected chi connectivity index (χ0v) is 29.0. The van der Waals surface area contributed by atoms with Gasteiger partial charge in [0, 0.05) is 24.2 Å². The van der Waals surface area contributed by atoms with Crippen molar-refractivity contribution in [2.24, 2.45) is 0 Å². The molecule has 260 valence electrons. The molecule has 0 aliphatic carbocycles. The maximum absolute atomic E-state index is 12.7. The van der Waals surface area contributed by atoms with Crippen LogP contribution in [0.5, 0.6) is 5.75 Å². The Labute approximate surface area is 279 Å². The molecule has 0 saturated carbocycles. The number of ether oxygens (including phenoxy) is 1. The Balaban J connectivity index is 0.000000639. The van der Waals surface area contributed by atoms with Crippen molar-refractivity contribution in [2.75, 3.05) is 18.6 Å². The number of halogens is 3. The molecule has 4 aromatic rings. The van der Waals surface area contributed by atoms with Gasteiger partial charge in [-0.1, -0.05) is 36.8 Å². The topological polar surface area (TPSA) is 124 Å². The first-order valence-electron chi connectivity index (χ1n) is 14.7. The first-order valence-corrected chi connectivity index (χ1v) is 16.1. The maximum atomic E-state index is 12.7. The van der Waals surface area contributed by atoms with E-state index in [4.69, 9.17) is 9.90 Å². The van der Waals surface area contributed by atoms with E-state index in [9.17, 15) is 21.6 Å². The van der Waals surface area contributed by atoms with Crippen LogP contribution in [-0.2, 0) is 32.6 Å². The molecular weight excluding hydrogens is 649 g/mol. The quantitative estimate of drug-likeness (QED) is 0.101. The Kier molecular flexibility index (Phi) is 13.2. The fourth-order valence-electron chi connectivity index (χ4n) is 5.08. The van der Waals surface area contributed by atoms with Crippen molar-refractivity contribution >= 4 is 39.1 Å². The normalized spacial score (nSPS) is 12.4. The molecule has 10 nitrogen and oxygen atoms in total. The van der Waals surface area contributed by atoms with Crippen LogP contribution < -0.4 is 9.08 Å². The molecule has 0 saturated heterocycles. The number of rotatable bonds is 6. The minimum Gasteiger partial charge on any atom is -0.471 e. The number of aryl methyl sites for hydroxylation is 2. The molecule has 1 aliphatic heterocycles. The number of carbonyl (C=O) groups excluding carboxylic acids is 1. The molecule has 0 atom stereocenters. The van der Waals surface area contributed by atoms with E-state index in [0.29, 0.717) is 19.6 Å². The summed E-state index contributed by atoms with van der Waals surface area (Å²) in [7, 11) is -4.49. The molecule has 2 aromatic heterocycles. The van der Waals surface area contributed by atoms with Crippen LogP contribution in [0.1, 0.15) is 50.1 Å². The van der Waals surface area contributed by atoms with Crippen LogP contribution in [-0.4, -0.2) is 59.3 Å². The van der Waals surface area contributed by atoms with Crippen molar-refractivity contribution in [1.29, 1.82) is 0 Å². The molecule has 2 aromatic carbocycles. The average Bonchev–Trinajstić information content (AvgIpc) is 3.35. The van der Waals surface area contributed by atoms with E-state index >= 15 is 0 Å². The third kappa shape index (κ3) is 9.26. The zero-order chi connectivity index (χ0) is 36.6. The summed E-state index contributed by atoms with van der Waals surface area (Å²) in [5, 5.41) is 9.63. The summed E-state index contributed by atoms with van der Waals surface area (Å²) in [6.45, 7) is 15.1. The molecule has 0 amide bonds. The number of hydrogen-bond acceptors (Lipinski definition) is 9. The number of nitrogens with zero attached hydrogens (tertiary/aromatic N) is 4. The summed E-state index contributed by atoms with van der Waals surface area (Å²) < 4.78 is 71.0. The predicted molar refractivity (Wildman–Crippen MR) is 181 cm³/mol. The highest BCUT2D eigenvalue weighted by molar-refractivity contribution is 7.88. The molecule has 0 radical (unpaired) electrons. The smallest absolute Gasteiger partial charge is 0.471 e. The lowest BCUT2D eigenvalue weighted by atomic mass is 9.89. The van der Waals surface area contributed by atoms with Crippen molar-refractivity contribution in [3.05, 3.63) is 65.1 Å². The van der Waals surface area contributed by atoms with E-state index in [-0.39, 0.29) is 5.95 Å². The lowest BCUT2D eigenvalue weighted by Gasteiger charge is -2.33. The van der Waals surface area contributed by atoms with Crippen LogP contribution in [0.4, 0.5) is 24.8 Å². The Morgan fingerprint density at radius 3 is 2.00 bits per heavy atom. The summed E-state index contributed by atoms with van der Waals surface area (Å²) in [6, 6.07) is 10.7. The third-order valence-electron chi connectivity index (χ3n) is 6.86. The highest BCUT2D eigenvalue weighted by Crippen LogP contribution is 2.46. The van der Waals surface area contributed by atoms with E-state index in [1.165, 1.54) is 23.8 Å². The van der Waals surface area contributed by atoms with E-state index in [1.807, 2.05) is 4.90 Å². The second-order valence-corrected chi connectivity index (χ2v) is 13.1. The third-order valence-corrected chi connectivity index (χ3v) is 7.84. The van der Waals surface area contributed by atoms with Gasteiger partial charge in [0.1, 0.15) is 0 Å². The SMILES string of the molecule is C#C.CC(C)(C)O.CCc1c(C)c2c3c(cc(C)n3CCN2c2ncc(OS(=O)(=O)C(F)(F)F)cn2)c1-c1ccc(C)cc1.COC=O. The van der Waals surface area contributed by atoms with E-state index in [0.717, 1.165) is 52.2 Å². The monoisotopic (exact) mass is 690 g/mol. The molecule has 14 heteroatoms. The molecule has 0 fully saturated rings. The first kappa shape index (κ1) is 39.6. The Hall–Kier alpha value is -4.61. The summed E-state index contributed by atoms with van der Waals surface area (Å²) >= 11 is 0. The Bertz CT molecular complexity index is 1820. The van der Waals surface area contributed by atoms with Gasteiger partial charge in [-0.15, -0.1) is 12.8 Å². The summed E-state index contributed by atoms with van der Waals surface area (Å²) in [5.41, 5.74) is 2.80. The first-order chi connectivity index (χ1) is 22.3. The molecule has 0 unspecified atom stereocenters. The number of aliphatic hydroxyl groups is 1. The lowest BCUT2D eigenvalue weighted by molar-refractivity contribution is -0.126. The highest BCUT2D eigenvalue weighted by atomic mass is 32.2. The number of benzene rings is 2.